The van der Waals surface area contributed by atoms with E-state index in [1.54, 1.807) is 11.3 Å². The second-order valence-corrected chi connectivity index (χ2v) is 6.25. The summed E-state index contributed by atoms with van der Waals surface area (Å²) in [5, 5.41) is 7.10. The van der Waals surface area contributed by atoms with Crippen molar-refractivity contribution in [2.45, 2.75) is 44.2 Å². The summed E-state index contributed by atoms with van der Waals surface area (Å²) in [6, 6.07) is 1.54. The molecule has 2 fully saturated rings. The molecule has 0 amide bonds. The van der Waals surface area contributed by atoms with Gasteiger partial charge in [0.2, 0.25) is 0 Å². The quantitative estimate of drug-likeness (QED) is 0.888. The molecular formula is C13H21N3S. The molecule has 2 saturated heterocycles. The van der Waals surface area contributed by atoms with Crippen molar-refractivity contribution in [3.05, 3.63) is 16.6 Å². The van der Waals surface area contributed by atoms with Crippen LogP contribution < -0.4 is 5.32 Å². The number of thiazole rings is 1. The molecule has 2 aliphatic heterocycles. The van der Waals surface area contributed by atoms with Crippen LogP contribution in [0.4, 0.5) is 0 Å². The van der Waals surface area contributed by atoms with Gasteiger partial charge in [-0.3, -0.25) is 4.90 Å². The molecule has 17 heavy (non-hydrogen) atoms. The second kappa shape index (κ2) is 5.04. The fourth-order valence-corrected chi connectivity index (χ4v) is 3.91. The van der Waals surface area contributed by atoms with E-state index in [9.17, 15) is 0 Å². The number of nitrogens with zero attached hydrogens (tertiary/aromatic N) is 2. The van der Waals surface area contributed by atoms with Crippen molar-refractivity contribution >= 4 is 11.3 Å². The van der Waals surface area contributed by atoms with Gasteiger partial charge in [-0.1, -0.05) is 6.92 Å². The van der Waals surface area contributed by atoms with E-state index in [4.69, 9.17) is 0 Å². The Morgan fingerprint density at radius 1 is 1.53 bits per heavy atom. The monoisotopic (exact) mass is 251 g/mol. The van der Waals surface area contributed by atoms with E-state index >= 15 is 0 Å². The van der Waals surface area contributed by atoms with Gasteiger partial charge in [0.25, 0.3) is 0 Å². The third-order valence-electron chi connectivity index (χ3n) is 4.17. The maximum atomic E-state index is 4.40. The third-order valence-corrected chi connectivity index (χ3v) is 5.17. The van der Waals surface area contributed by atoms with Crippen LogP contribution in [0, 0.1) is 0 Å². The van der Waals surface area contributed by atoms with Crippen molar-refractivity contribution in [3.63, 3.8) is 0 Å². The molecule has 3 rings (SSSR count). The molecule has 0 saturated carbocycles. The van der Waals surface area contributed by atoms with Crippen LogP contribution in [-0.2, 0) is 0 Å². The Bertz CT molecular complexity index is 352. The minimum atomic E-state index is 0.547. The highest BCUT2D eigenvalue weighted by molar-refractivity contribution is 7.09. The fourth-order valence-electron chi connectivity index (χ4n) is 3.21. The van der Waals surface area contributed by atoms with Crippen molar-refractivity contribution in [1.82, 2.24) is 15.2 Å². The van der Waals surface area contributed by atoms with Crippen LogP contribution in [0.3, 0.4) is 0 Å². The average molecular weight is 251 g/mol. The molecule has 3 unspecified atom stereocenters. The van der Waals surface area contributed by atoms with Crippen molar-refractivity contribution in [1.29, 1.82) is 0 Å². The van der Waals surface area contributed by atoms with Gasteiger partial charge in [0.05, 0.1) is 5.01 Å². The fraction of sp³-hybridized carbons (Fsp3) is 0.769. The zero-order valence-corrected chi connectivity index (χ0v) is 11.2. The van der Waals surface area contributed by atoms with Gasteiger partial charge >= 0.3 is 0 Å². The maximum absolute atomic E-state index is 4.40. The van der Waals surface area contributed by atoms with Gasteiger partial charge < -0.3 is 5.32 Å². The number of hydrogen-bond acceptors (Lipinski definition) is 4. The van der Waals surface area contributed by atoms with Crippen LogP contribution in [0.15, 0.2) is 11.6 Å². The van der Waals surface area contributed by atoms with Gasteiger partial charge in [0, 0.05) is 42.7 Å². The van der Waals surface area contributed by atoms with Crippen molar-refractivity contribution in [3.8, 4) is 0 Å². The lowest BCUT2D eigenvalue weighted by Gasteiger charge is -2.22. The molecule has 0 radical (unpaired) electrons. The predicted octanol–water partition coefficient (Wildman–Crippen LogP) is 2.07. The molecule has 3 atom stereocenters. The number of fused-ring (bicyclic) bond motifs is 1. The van der Waals surface area contributed by atoms with E-state index in [1.807, 2.05) is 6.20 Å². The van der Waals surface area contributed by atoms with Crippen LogP contribution in [0.5, 0.6) is 0 Å². The van der Waals surface area contributed by atoms with Gasteiger partial charge in [0.15, 0.2) is 0 Å². The Hall–Kier alpha value is -0.450. The molecule has 0 spiro atoms. The molecule has 2 aliphatic rings. The van der Waals surface area contributed by atoms with Gasteiger partial charge in [-0.15, -0.1) is 11.3 Å². The first-order valence-corrected chi connectivity index (χ1v) is 7.59. The highest BCUT2D eigenvalue weighted by Gasteiger charge is 2.36. The molecule has 1 aromatic rings. The van der Waals surface area contributed by atoms with Gasteiger partial charge in [-0.25, -0.2) is 4.98 Å². The minimum absolute atomic E-state index is 0.547. The SMILES string of the molecule is CC(CNC1CCN2CCCC12)c1nccs1. The van der Waals surface area contributed by atoms with E-state index in [1.165, 1.54) is 37.4 Å². The van der Waals surface area contributed by atoms with Crippen molar-refractivity contribution < 1.29 is 0 Å². The Morgan fingerprint density at radius 3 is 3.29 bits per heavy atom. The number of rotatable bonds is 4. The van der Waals surface area contributed by atoms with E-state index in [0.29, 0.717) is 5.92 Å². The first kappa shape index (κ1) is 11.6. The maximum Gasteiger partial charge on any atom is 0.0965 e. The normalized spacial score (nSPS) is 30.6. The zero-order chi connectivity index (χ0) is 11.7. The highest BCUT2D eigenvalue weighted by Crippen LogP contribution is 2.28. The van der Waals surface area contributed by atoms with Crippen molar-refractivity contribution in [2.75, 3.05) is 19.6 Å². The first-order valence-electron chi connectivity index (χ1n) is 6.71. The van der Waals surface area contributed by atoms with E-state index in [-0.39, 0.29) is 0 Å². The number of hydrogen-bond donors (Lipinski definition) is 1. The van der Waals surface area contributed by atoms with Crippen LogP contribution in [0.1, 0.15) is 37.1 Å². The lowest BCUT2D eigenvalue weighted by Crippen LogP contribution is -2.40. The Labute approximate surface area is 107 Å². The minimum Gasteiger partial charge on any atom is -0.312 e. The Morgan fingerprint density at radius 2 is 2.47 bits per heavy atom. The average Bonchev–Trinajstić information content (AvgIpc) is 3.03. The zero-order valence-electron chi connectivity index (χ0n) is 10.4. The second-order valence-electron chi connectivity index (χ2n) is 5.32. The number of aromatic nitrogens is 1. The molecule has 1 aromatic heterocycles. The highest BCUT2D eigenvalue weighted by atomic mass is 32.1. The molecule has 0 aromatic carbocycles. The number of nitrogens with one attached hydrogen (secondary N) is 1. The molecule has 0 bridgehead atoms. The first-order chi connectivity index (χ1) is 8.34. The predicted molar refractivity (Wildman–Crippen MR) is 71.5 cm³/mol. The summed E-state index contributed by atoms with van der Waals surface area (Å²) in [6.07, 6.45) is 6.02. The smallest absolute Gasteiger partial charge is 0.0965 e. The van der Waals surface area contributed by atoms with Crippen LogP contribution >= 0.6 is 11.3 Å². The van der Waals surface area contributed by atoms with Crippen molar-refractivity contribution in [2.24, 2.45) is 0 Å². The summed E-state index contributed by atoms with van der Waals surface area (Å²) < 4.78 is 0. The summed E-state index contributed by atoms with van der Waals surface area (Å²) in [4.78, 5) is 7.05. The lowest BCUT2D eigenvalue weighted by atomic mass is 10.1. The molecule has 3 nitrogen and oxygen atoms in total. The summed E-state index contributed by atoms with van der Waals surface area (Å²) in [5.74, 6) is 0.547. The van der Waals surface area contributed by atoms with Gasteiger partial charge in [-0.05, 0) is 25.8 Å². The van der Waals surface area contributed by atoms with E-state index < -0.39 is 0 Å². The summed E-state index contributed by atoms with van der Waals surface area (Å²) in [6.45, 7) is 5.97. The largest absolute Gasteiger partial charge is 0.312 e. The summed E-state index contributed by atoms with van der Waals surface area (Å²) >= 11 is 1.77. The Balaban J connectivity index is 1.51. The van der Waals surface area contributed by atoms with Crippen LogP contribution in [0.2, 0.25) is 0 Å². The van der Waals surface area contributed by atoms with Crippen LogP contribution in [-0.4, -0.2) is 41.6 Å². The molecular weight excluding hydrogens is 230 g/mol. The van der Waals surface area contributed by atoms with Gasteiger partial charge in [-0.2, -0.15) is 0 Å². The van der Waals surface area contributed by atoms with E-state index in [2.05, 4.69) is 27.5 Å². The molecule has 1 N–H and O–H groups in total. The topological polar surface area (TPSA) is 28.2 Å². The summed E-state index contributed by atoms with van der Waals surface area (Å²) in [5.41, 5.74) is 0. The standard InChI is InChI=1S/C13H21N3S/c1-10(13-14-5-8-17-13)9-15-11-4-7-16-6-2-3-12(11)16/h5,8,10-12,15H,2-4,6-7,9H2,1H3. The molecule has 3 heterocycles. The third kappa shape index (κ3) is 2.39. The Kier molecular flexibility index (Phi) is 3.45. The van der Waals surface area contributed by atoms with Gasteiger partial charge in [0.1, 0.15) is 0 Å². The summed E-state index contributed by atoms with van der Waals surface area (Å²) in [7, 11) is 0. The van der Waals surface area contributed by atoms with E-state index in [0.717, 1.165) is 18.6 Å². The molecule has 4 heteroatoms. The van der Waals surface area contributed by atoms with Crippen LogP contribution in [0.25, 0.3) is 0 Å². The molecule has 0 aliphatic carbocycles. The molecule has 94 valence electrons. The lowest BCUT2D eigenvalue weighted by molar-refractivity contribution is 0.298.